The largest absolute Gasteiger partial charge is 0.326 e. The van der Waals surface area contributed by atoms with Gasteiger partial charge in [-0.25, -0.2) is 0 Å². The van der Waals surface area contributed by atoms with E-state index in [0.29, 0.717) is 5.56 Å². The third kappa shape index (κ3) is 2.31. The molecular formula is C10H10N2O. The fourth-order valence-electron chi connectivity index (χ4n) is 1.06. The van der Waals surface area contributed by atoms with Gasteiger partial charge in [0.05, 0.1) is 11.6 Å². The van der Waals surface area contributed by atoms with Crippen molar-refractivity contribution in [2.45, 2.75) is 13.8 Å². The second-order valence-electron chi connectivity index (χ2n) is 2.82. The lowest BCUT2D eigenvalue weighted by atomic mass is 10.1. The molecule has 3 nitrogen and oxygen atoms in total. The van der Waals surface area contributed by atoms with Crippen LogP contribution in [0.2, 0.25) is 0 Å². The van der Waals surface area contributed by atoms with E-state index in [2.05, 4.69) is 5.32 Å². The normalized spacial score (nSPS) is 9.00. The highest BCUT2D eigenvalue weighted by Gasteiger charge is 2.00. The third-order valence-corrected chi connectivity index (χ3v) is 1.67. The number of anilines is 1. The van der Waals surface area contributed by atoms with Crippen molar-refractivity contribution in [1.82, 2.24) is 0 Å². The maximum absolute atomic E-state index is 10.7. The van der Waals surface area contributed by atoms with Crippen LogP contribution in [0.4, 0.5) is 5.69 Å². The first-order valence-corrected chi connectivity index (χ1v) is 3.92. The molecule has 3 heteroatoms. The molecule has 0 bridgehead atoms. The zero-order valence-electron chi connectivity index (χ0n) is 7.59. The van der Waals surface area contributed by atoms with Crippen LogP contribution in [-0.2, 0) is 4.79 Å². The van der Waals surface area contributed by atoms with Gasteiger partial charge in [0.1, 0.15) is 0 Å². The summed E-state index contributed by atoms with van der Waals surface area (Å²) in [7, 11) is 0. The van der Waals surface area contributed by atoms with E-state index in [1.54, 1.807) is 18.2 Å². The first kappa shape index (κ1) is 9.27. The highest BCUT2D eigenvalue weighted by molar-refractivity contribution is 5.89. The highest BCUT2D eigenvalue weighted by atomic mass is 16.1. The van der Waals surface area contributed by atoms with Crippen LogP contribution in [0.15, 0.2) is 18.2 Å². The topological polar surface area (TPSA) is 52.9 Å². The molecule has 66 valence electrons. The van der Waals surface area contributed by atoms with Crippen molar-refractivity contribution in [2.75, 3.05) is 5.32 Å². The Morgan fingerprint density at radius 1 is 1.54 bits per heavy atom. The molecule has 0 aliphatic rings. The molecule has 13 heavy (non-hydrogen) atoms. The molecule has 0 atom stereocenters. The van der Waals surface area contributed by atoms with Gasteiger partial charge in [0.25, 0.3) is 0 Å². The van der Waals surface area contributed by atoms with Crippen LogP contribution in [0.1, 0.15) is 18.1 Å². The van der Waals surface area contributed by atoms with E-state index in [4.69, 9.17) is 5.26 Å². The molecular weight excluding hydrogens is 164 g/mol. The van der Waals surface area contributed by atoms with Crippen LogP contribution in [0.5, 0.6) is 0 Å². The summed E-state index contributed by atoms with van der Waals surface area (Å²) in [5, 5.41) is 11.3. The summed E-state index contributed by atoms with van der Waals surface area (Å²) in [5.74, 6) is -0.104. The van der Waals surface area contributed by atoms with Crippen molar-refractivity contribution < 1.29 is 4.79 Å². The molecule has 1 aromatic carbocycles. The lowest BCUT2D eigenvalue weighted by Gasteiger charge is -2.05. The molecule has 0 unspecified atom stereocenters. The number of rotatable bonds is 1. The number of hydrogen-bond acceptors (Lipinski definition) is 2. The number of nitrogens with one attached hydrogen (secondary N) is 1. The summed E-state index contributed by atoms with van der Waals surface area (Å²) in [6, 6.07) is 7.19. The van der Waals surface area contributed by atoms with Gasteiger partial charge in [-0.15, -0.1) is 0 Å². The number of amides is 1. The predicted molar refractivity (Wildman–Crippen MR) is 50.2 cm³/mol. The summed E-state index contributed by atoms with van der Waals surface area (Å²) in [6.07, 6.45) is 0. The average Bonchev–Trinajstić information content (AvgIpc) is 2.08. The maximum Gasteiger partial charge on any atom is 0.221 e. The lowest BCUT2D eigenvalue weighted by Crippen LogP contribution is -2.06. The Morgan fingerprint density at radius 3 is 2.69 bits per heavy atom. The number of nitrogens with zero attached hydrogens (tertiary/aromatic N) is 1. The predicted octanol–water partition coefficient (Wildman–Crippen LogP) is 1.83. The minimum Gasteiger partial charge on any atom is -0.326 e. The second kappa shape index (κ2) is 3.72. The molecule has 0 aromatic heterocycles. The average molecular weight is 174 g/mol. The number of hydrogen-bond donors (Lipinski definition) is 1. The molecule has 0 aliphatic heterocycles. The smallest absolute Gasteiger partial charge is 0.221 e. The van der Waals surface area contributed by atoms with Crippen LogP contribution in [0, 0.1) is 18.3 Å². The molecule has 1 aromatic rings. The highest BCUT2D eigenvalue weighted by Crippen LogP contribution is 2.15. The molecule has 0 saturated carbocycles. The van der Waals surface area contributed by atoms with Gasteiger partial charge in [0, 0.05) is 12.6 Å². The van der Waals surface area contributed by atoms with E-state index in [0.717, 1.165) is 11.3 Å². The lowest BCUT2D eigenvalue weighted by molar-refractivity contribution is -0.114. The van der Waals surface area contributed by atoms with Crippen molar-refractivity contribution >= 4 is 11.6 Å². The zero-order chi connectivity index (χ0) is 9.84. The molecule has 0 radical (unpaired) electrons. The van der Waals surface area contributed by atoms with Gasteiger partial charge in [-0.3, -0.25) is 4.79 Å². The number of carbonyl (C=O) groups excluding carboxylic acids is 1. The van der Waals surface area contributed by atoms with Crippen molar-refractivity contribution in [1.29, 1.82) is 5.26 Å². The van der Waals surface area contributed by atoms with Gasteiger partial charge >= 0.3 is 0 Å². The van der Waals surface area contributed by atoms with Crippen LogP contribution >= 0.6 is 0 Å². The fourth-order valence-corrected chi connectivity index (χ4v) is 1.06. The van der Waals surface area contributed by atoms with E-state index in [1.165, 1.54) is 6.92 Å². The van der Waals surface area contributed by atoms with Gasteiger partial charge in [-0.1, -0.05) is 0 Å². The fraction of sp³-hybridized carbons (Fsp3) is 0.200. The summed E-state index contributed by atoms with van der Waals surface area (Å²) in [6.45, 7) is 3.31. The molecule has 1 N–H and O–H groups in total. The molecule has 0 heterocycles. The van der Waals surface area contributed by atoms with Crippen molar-refractivity contribution in [3.8, 4) is 6.07 Å². The standard InChI is InChI=1S/C10H10N2O/c1-7-5-9(6-11)3-4-10(7)12-8(2)13/h3-5H,1-2H3,(H,12,13). The molecule has 0 aliphatic carbocycles. The SMILES string of the molecule is CC(=O)Nc1ccc(C#N)cc1C. The maximum atomic E-state index is 10.7. The van der Waals surface area contributed by atoms with Crippen molar-refractivity contribution in [2.24, 2.45) is 0 Å². The third-order valence-electron chi connectivity index (χ3n) is 1.67. The van der Waals surface area contributed by atoms with E-state index >= 15 is 0 Å². The Bertz CT molecular complexity index is 377. The molecule has 0 saturated heterocycles. The summed E-state index contributed by atoms with van der Waals surface area (Å²) in [4.78, 5) is 10.7. The molecule has 0 spiro atoms. The Balaban J connectivity index is 3.00. The molecule has 1 amide bonds. The van der Waals surface area contributed by atoms with Gasteiger partial charge in [0.15, 0.2) is 0 Å². The minimum atomic E-state index is -0.104. The molecule has 1 rings (SSSR count). The first-order chi connectivity index (χ1) is 6.13. The van der Waals surface area contributed by atoms with E-state index in [9.17, 15) is 4.79 Å². The second-order valence-corrected chi connectivity index (χ2v) is 2.82. The number of aryl methyl sites for hydroxylation is 1. The van der Waals surface area contributed by atoms with Crippen LogP contribution in [-0.4, -0.2) is 5.91 Å². The van der Waals surface area contributed by atoms with E-state index < -0.39 is 0 Å². The summed E-state index contributed by atoms with van der Waals surface area (Å²) < 4.78 is 0. The Labute approximate surface area is 77.0 Å². The van der Waals surface area contributed by atoms with Crippen LogP contribution < -0.4 is 5.32 Å². The minimum absolute atomic E-state index is 0.104. The van der Waals surface area contributed by atoms with Gasteiger partial charge in [0.2, 0.25) is 5.91 Å². The Hall–Kier alpha value is -1.82. The van der Waals surface area contributed by atoms with Gasteiger partial charge < -0.3 is 5.32 Å². The monoisotopic (exact) mass is 174 g/mol. The first-order valence-electron chi connectivity index (χ1n) is 3.92. The Kier molecular flexibility index (Phi) is 2.65. The summed E-state index contributed by atoms with van der Waals surface area (Å²) in [5.41, 5.74) is 2.26. The van der Waals surface area contributed by atoms with E-state index in [-0.39, 0.29) is 5.91 Å². The van der Waals surface area contributed by atoms with Crippen LogP contribution in [0.25, 0.3) is 0 Å². The number of benzene rings is 1. The van der Waals surface area contributed by atoms with Gasteiger partial charge in [-0.05, 0) is 30.7 Å². The zero-order valence-corrected chi connectivity index (χ0v) is 7.59. The summed E-state index contributed by atoms with van der Waals surface area (Å²) >= 11 is 0. The van der Waals surface area contributed by atoms with Crippen molar-refractivity contribution in [3.05, 3.63) is 29.3 Å². The molecule has 0 fully saturated rings. The van der Waals surface area contributed by atoms with Crippen LogP contribution in [0.3, 0.4) is 0 Å². The van der Waals surface area contributed by atoms with E-state index in [1.807, 2.05) is 13.0 Å². The Morgan fingerprint density at radius 2 is 2.23 bits per heavy atom. The quantitative estimate of drug-likeness (QED) is 0.706. The van der Waals surface area contributed by atoms with Crippen molar-refractivity contribution in [3.63, 3.8) is 0 Å². The van der Waals surface area contributed by atoms with Gasteiger partial charge in [-0.2, -0.15) is 5.26 Å². The number of carbonyl (C=O) groups is 1. The number of nitriles is 1.